The summed E-state index contributed by atoms with van der Waals surface area (Å²) in [7, 11) is 0. The molecule has 0 aliphatic heterocycles. The van der Waals surface area contributed by atoms with Gasteiger partial charge in [0.15, 0.2) is 0 Å². The van der Waals surface area contributed by atoms with Crippen LogP contribution >= 0.6 is 0 Å². The van der Waals surface area contributed by atoms with Crippen LogP contribution in [-0.2, 0) is 9.53 Å². The van der Waals surface area contributed by atoms with E-state index < -0.39 is 5.97 Å². The number of ether oxygens (including phenoxy) is 1. The Bertz CT molecular complexity index is 274. The molecule has 3 heteroatoms. The molecule has 0 unspecified atom stereocenters. The van der Waals surface area contributed by atoms with Crippen LogP contribution in [0.15, 0.2) is 12.2 Å². The van der Waals surface area contributed by atoms with Gasteiger partial charge in [-0.15, -0.1) is 0 Å². The van der Waals surface area contributed by atoms with E-state index in [-0.39, 0.29) is 0 Å². The van der Waals surface area contributed by atoms with E-state index in [1.54, 1.807) is 0 Å². The molecule has 0 spiro atoms. The average Bonchev–Trinajstić information content (AvgIpc) is 2.53. The minimum Gasteiger partial charge on any atom is -0.481 e. The summed E-state index contributed by atoms with van der Waals surface area (Å²) >= 11 is 0. The molecule has 3 nitrogen and oxygen atoms in total. The highest BCUT2D eigenvalue weighted by atomic mass is 16.5. The molecular formula is C20H38O3. The number of unbranched alkanes of at least 4 members (excludes halogenated alkanes) is 11. The molecule has 0 aromatic heterocycles. The second-order valence-corrected chi connectivity index (χ2v) is 6.28. The van der Waals surface area contributed by atoms with Gasteiger partial charge >= 0.3 is 5.97 Å². The molecule has 0 bridgehead atoms. The Labute approximate surface area is 143 Å². The molecule has 0 radical (unpaired) electrons. The molecule has 0 heterocycles. The maximum Gasteiger partial charge on any atom is 0.303 e. The summed E-state index contributed by atoms with van der Waals surface area (Å²) in [5, 5.41) is 8.53. The first kappa shape index (κ1) is 22.2. The van der Waals surface area contributed by atoms with Crippen LogP contribution in [0.5, 0.6) is 0 Å². The van der Waals surface area contributed by atoms with E-state index in [1.165, 1.54) is 70.6 Å². The lowest BCUT2D eigenvalue weighted by atomic mass is 10.1. The Hall–Kier alpha value is -0.830. The Morgan fingerprint density at radius 3 is 1.78 bits per heavy atom. The largest absolute Gasteiger partial charge is 0.481 e. The van der Waals surface area contributed by atoms with Crippen molar-refractivity contribution in [2.45, 2.75) is 96.8 Å². The van der Waals surface area contributed by atoms with E-state index in [4.69, 9.17) is 9.84 Å². The molecule has 1 N–H and O–H groups in total. The van der Waals surface area contributed by atoms with Crippen molar-refractivity contribution in [2.75, 3.05) is 13.2 Å². The summed E-state index contributed by atoms with van der Waals surface area (Å²) in [6, 6.07) is 0. The number of hydrogen-bond donors (Lipinski definition) is 1. The van der Waals surface area contributed by atoms with E-state index in [9.17, 15) is 4.79 Å². The van der Waals surface area contributed by atoms with E-state index in [1.807, 2.05) is 0 Å². The van der Waals surface area contributed by atoms with Gasteiger partial charge in [-0.05, 0) is 45.4 Å². The third-order valence-electron chi connectivity index (χ3n) is 4.04. The topological polar surface area (TPSA) is 46.5 Å². The van der Waals surface area contributed by atoms with E-state index >= 15 is 0 Å². The number of carbonyl (C=O) groups is 1. The van der Waals surface area contributed by atoms with Gasteiger partial charge in [-0.25, -0.2) is 0 Å². The number of carboxylic acid groups (broad SMARTS) is 1. The Morgan fingerprint density at radius 1 is 0.783 bits per heavy atom. The van der Waals surface area contributed by atoms with Crippen LogP contribution in [0.4, 0.5) is 0 Å². The number of rotatable bonds is 18. The van der Waals surface area contributed by atoms with E-state index in [0.717, 1.165) is 26.1 Å². The smallest absolute Gasteiger partial charge is 0.303 e. The van der Waals surface area contributed by atoms with Gasteiger partial charge in [-0.2, -0.15) is 0 Å². The van der Waals surface area contributed by atoms with Crippen molar-refractivity contribution in [1.82, 2.24) is 0 Å². The fourth-order valence-corrected chi connectivity index (χ4v) is 2.62. The van der Waals surface area contributed by atoms with Crippen molar-refractivity contribution in [1.29, 1.82) is 0 Å². The fraction of sp³-hybridized carbons (Fsp3) is 0.850. The third-order valence-corrected chi connectivity index (χ3v) is 4.04. The van der Waals surface area contributed by atoms with Gasteiger partial charge in [-0.3, -0.25) is 4.79 Å². The number of allylic oxidation sites excluding steroid dienone is 2. The summed E-state index contributed by atoms with van der Waals surface area (Å²) in [6.07, 6.45) is 20.8. The summed E-state index contributed by atoms with van der Waals surface area (Å²) in [5.41, 5.74) is 0. The normalized spacial score (nSPS) is 11.3. The van der Waals surface area contributed by atoms with Gasteiger partial charge in [0.05, 0.1) is 0 Å². The summed E-state index contributed by atoms with van der Waals surface area (Å²) in [5.74, 6) is -0.668. The van der Waals surface area contributed by atoms with Crippen molar-refractivity contribution in [3.05, 3.63) is 12.2 Å². The molecule has 0 saturated heterocycles. The van der Waals surface area contributed by atoms with Gasteiger partial charge in [0, 0.05) is 19.6 Å². The average molecular weight is 327 g/mol. The van der Waals surface area contributed by atoms with Crippen LogP contribution in [0.1, 0.15) is 96.8 Å². The standard InChI is InChI=1S/C20H38O3/c1-2-23-19-17-15-13-11-9-7-5-3-4-6-8-10-12-14-16-18-20(21)22/h3-4H,2,5-19H2,1H3,(H,21,22). The van der Waals surface area contributed by atoms with Crippen molar-refractivity contribution in [3.8, 4) is 0 Å². The summed E-state index contributed by atoms with van der Waals surface area (Å²) < 4.78 is 5.33. The van der Waals surface area contributed by atoms with Gasteiger partial charge in [0.25, 0.3) is 0 Å². The van der Waals surface area contributed by atoms with Gasteiger partial charge < -0.3 is 9.84 Å². The number of hydrogen-bond acceptors (Lipinski definition) is 2. The number of aliphatic carboxylic acids is 1. The zero-order valence-corrected chi connectivity index (χ0v) is 15.2. The highest BCUT2D eigenvalue weighted by Crippen LogP contribution is 2.10. The summed E-state index contributed by atoms with van der Waals surface area (Å²) in [6.45, 7) is 3.83. The lowest BCUT2D eigenvalue weighted by Gasteiger charge is -2.01. The quantitative estimate of drug-likeness (QED) is 0.243. The molecule has 136 valence electrons. The number of carboxylic acids is 1. The van der Waals surface area contributed by atoms with Crippen LogP contribution in [0.3, 0.4) is 0 Å². The van der Waals surface area contributed by atoms with Crippen molar-refractivity contribution in [2.24, 2.45) is 0 Å². The molecule has 0 atom stereocenters. The maximum absolute atomic E-state index is 10.4. The Kier molecular flexibility index (Phi) is 18.5. The third kappa shape index (κ3) is 21.2. The fourth-order valence-electron chi connectivity index (χ4n) is 2.62. The second kappa shape index (κ2) is 19.2. The predicted molar refractivity (Wildman–Crippen MR) is 97.9 cm³/mol. The molecule has 0 amide bonds. The molecule has 0 rings (SSSR count). The minimum absolute atomic E-state index is 0.326. The van der Waals surface area contributed by atoms with Crippen molar-refractivity contribution < 1.29 is 14.6 Å². The first-order chi connectivity index (χ1) is 11.3. The first-order valence-corrected chi connectivity index (χ1v) is 9.72. The SMILES string of the molecule is CCOCCCCCCCCC=CCCCCCCCC(=O)O. The Morgan fingerprint density at radius 2 is 1.26 bits per heavy atom. The van der Waals surface area contributed by atoms with Crippen LogP contribution in [0.2, 0.25) is 0 Å². The van der Waals surface area contributed by atoms with Crippen LogP contribution in [0.25, 0.3) is 0 Å². The highest BCUT2D eigenvalue weighted by molar-refractivity contribution is 5.66. The summed E-state index contributed by atoms with van der Waals surface area (Å²) in [4.78, 5) is 10.4. The van der Waals surface area contributed by atoms with Crippen molar-refractivity contribution >= 4 is 5.97 Å². The lowest BCUT2D eigenvalue weighted by Crippen LogP contribution is -1.93. The lowest BCUT2D eigenvalue weighted by molar-refractivity contribution is -0.137. The molecule has 0 aromatic rings. The van der Waals surface area contributed by atoms with Crippen LogP contribution in [0, 0.1) is 0 Å². The van der Waals surface area contributed by atoms with Crippen molar-refractivity contribution in [3.63, 3.8) is 0 Å². The Balaban J connectivity index is 3.07. The predicted octanol–water partition coefficient (Wildman–Crippen LogP) is 6.13. The molecule has 0 aromatic carbocycles. The second-order valence-electron chi connectivity index (χ2n) is 6.28. The van der Waals surface area contributed by atoms with E-state index in [0.29, 0.717) is 6.42 Å². The van der Waals surface area contributed by atoms with Gasteiger partial charge in [-0.1, -0.05) is 57.1 Å². The maximum atomic E-state index is 10.4. The minimum atomic E-state index is -0.668. The van der Waals surface area contributed by atoms with Crippen LogP contribution in [-0.4, -0.2) is 24.3 Å². The van der Waals surface area contributed by atoms with Crippen LogP contribution < -0.4 is 0 Å². The molecular weight excluding hydrogens is 288 g/mol. The van der Waals surface area contributed by atoms with Gasteiger partial charge in [0.1, 0.15) is 0 Å². The molecule has 0 aliphatic carbocycles. The molecule has 0 saturated carbocycles. The molecule has 0 aliphatic rings. The highest BCUT2D eigenvalue weighted by Gasteiger charge is 1.96. The van der Waals surface area contributed by atoms with E-state index in [2.05, 4.69) is 19.1 Å². The zero-order valence-electron chi connectivity index (χ0n) is 15.2. The molecule has 0 fully saturated rings. The zero-order chi connectivity index (χ0) is 17.0. The van der Waals surface area contributed by atoms with Gasteiger partial charge in [0.2, 0.25) is 0 Å². The monoisotopic (exact) mass is 326 g/mol. The first-order valence-electron chi connectivity index (χ1n) is 9.72. The molecule has 23 heavy (non-hydrogen) atoms.